The average molecular weight is 577 g/mol. The number of alkyl halides is 2. The van der Waals surface area contributed by atoms with E-state index in [1.807, 2.05) is 22.6 Å². The molecular formula is C22H24F4IN5O. The number of aryl methyl sites for hydroxylation is 1. The van der Waals surface area contributed by atoms with Gasteiger partial charge in [0.15, 0.2) is 0 Å². The number of carbonyl (C=O) groups is 1. The Kier molecular flexibility index (Phi) is 7.80. The SMILES string of the molecule is CC(=O)NCCCCc1cc(F)c(-c2c(I)nc3nccn3c2N[C@@H](C)C(C)(F)F)c(F)c1. The first-order chi connectivity index (χ1) is 15.5. The van der Waals surface area contributed by atoms with Crippen LogP contribution in [0.25, 0.3) is 16.9 Å². The molecule has 1 amide bonds. The molecule has 2 N–H and O–H groups in total. The predicted octanol–water partition coefficient (Wildman–Crippen LogP) is 5.19. The fourth-order valence-electron chi connectivity index (χ4n) is 3.34. The molecule has 0 aliphatic carbocycles. The van der Waals surface area contributed by atoms with Crippen LogP contribution in [-0.2, 0) is 11.2 Å². The molecule has 33 heavy (non-hydrogen) atoms. The largest absolute Gasteiger partial charge is 0.362 e. The van der Waals surface area contributed by atoms with Crippen molar-refractivity contribution in [1.82, 2.24) is 19.7 Å². The monoisotopic (exact) mass is 577 g/mol. The molecule has 1 aromatic carbocycles. The van der Waals surface area contributed by atoms with Gasteiger partial charge in [-0.3, -0.25) is 9.20 Å². The number of amides is 1. The van der Waals surface area contributed by atoms with Gasteiger partial charge < -0.3 is 10.6 Å². The Hall–Kier alpha value is -2.44. The van der Waals surface area contributed by atoms with Crippen molar-refractivity contribution in [3.05, 3.63) is 45.4 Å². The predicted molar refractivity (Wildman–Crippen MR) is 126 cm³/mol. The van der Waals surface area contributed by atoms with Crippen molar-refractivity contribution < 1.29 is 22.4 Å². The standard InChI is InChI=1S/C22H24F4IN5O/c1-12(22(3,25)26)30-20-18(19(27)31-21-29-8-9-32(20)21)17-15(23)10-14(11-16(17)24)6-4-5-7-28-13(2)33/h8-12,30H,4-7H2,1-3H3,(H,28,33)/t12-/m0/s1. The van der Waals surface area contributed by atoms with E-state index in [9.17, 15) is 13.6 Å². The van der Waals surface area contributed by atoms with Crippen LogP contribution in [0.15, 0.2) is 24.5 Å². The van der Waals surface area contributed by atoms with Crippen LogP contribution < -0.4 is 10.6 Å². The summed E-state index contributed by atoms with van der Waals surface area (Å²) in [6.07, 6.45) is 4.64. The van der Waals surface area contributed by atoms with Crippen LogP contribution in [0.4, 0.5) is 23.4 Å². The number of imidazole rings is 1. The molecule has 0 fully saturated rings. The van der Waals surface area contributed by atoms with Gasteiger partial charge in [0.2, 0.25) is 11.7 Å². The number of aromatic nitrogens is 3. The zero-order chi connectivity index (χ0) is 24.3. The van der Waals surface area contributed by atoms with E-state index in [-0.39, 0.29) is 32.3 Å². The second-order valence-electron chi connectivity index (χ2n) is 7.92. The normalized spacial score (nSPS) is 12.7. The lowest BCUT2D eigenvalue weighted by atomic mass is 10.0. The summed E-state index contributed by atoms with van der Waals surface area (Å²) in [6.45, 7) is 3.97. The van der Waals surface area contributed by atoms with Crippen molar-refractivity contribution in [2.45, 2.75) is 52.0 Å². The molecule has 6 nitrogen and oxygen atoms in total. The van der Waals surface area contributed by atoms with Crippen molar-refractivity contribution in [2.24, 2.45) is 0 Å². The fourth-order valence-corrected chi connectivity index (χ4v) is 4.08. The molecule has 0 aliphatic rings. The zero-order valence-electron chi connectivity index (χ0n) is 18.4. The summed E-state index contributed by atoms with van der Waals surface area (Å²) in [5.74, 6) is -4.55. The Labute approximate surface area is 202 Å². The number of rotatable bonds is 9. The maximum atomic E-state index is 15.2. The molecule has 1 atom stereocenters. The first-order valence-corrected chi connectivity index (χ1v) is 11.5. The summed E-state index contributed by atoms with van der Waals surface area (Å²) in [5.41, 5.74) is 0.161. The van der Waals surface area contributed by atoms with Crippen LogP contribution in [0.2, 0.25) is 0 Å². The lowest BCUT2D eigenvalue weighted by molar-refractivity contribution is -0.118. The molecule has 2 heterocycles. The van der Waals surface area contributed by atoms with Crippen LogP contribution >= 0.6 is 22.6 Å². The van der Waals surface area contributed by atoms with E-state index in [0.29, 0.717) is 31.4 Å². The number of carbonyl (C=O) groups excluding carboxylic acids is 1. The van der Waals surface area contributed by atoms with Gasteiger partial charge >= 0.3 is 0 Å². The summed E-state index contributed by atoms with van der Waals surface area (Å²) in [4.78, 5) is 19.3. The van der Waals surface area contributed by atoms with Gasteiger partial charge in [0.1, 0.15) is 21.2 Å². The second-order valence-corrected chi connectivity index (χ2v) is 8.94. The van der Waals surface area contributed by atoms with Crippen LogP contribution in [0, 0.1) is 15.3 Å². The average Bonchev–Trinajstić information content (AvgIpc) is 3.16. The number of unbranched alkanes of at least 4 members (excludes halogenated alkanes) is 1. The zero-order valence-corrected chi connectivity index (χ0v) is 20.5. The molecule has 0 spiro atoms. The first kappa shape index (κ1) is 25.2. The van der Waals surface area contributed by atoms with Crippen molar-refractivity contribution in [1.29, 1.82) is 0 Å². The third kappa shape index (κ3) is 5.92. The van der Waals surface area contributed by atoms with Crippen molar-refractivity contribution in [3.63, 3.8) is 0 Å². The summed E-state index contributed by atoms with van der Waals surface area (Å²) < 4.78 is 59.9. The molecule has 0 aliphatic heterocycles. The highest BCUT2D eigenvalue weighted by Gasteiger charge is 2.32. The van der Waals surface area contributed by atoms with Crippen LogP contribution in [-0.4, -0.2) is 38.8 Å². The molecule has 0 unspecified atom stereocenters. The van der Waals surface area contributed by atoms with Gasteiger partial charge in [-0.1, -0.05) is 0 Å². The lowest BCUT2D eigenvalue weighted by Gasteiger charge is -2.24. The summed E-state index contributed by atoms with van der Waals surface area (Å²) in [7, 11) is 0. The number of hydrogen-bond donors (Lipinski definition) is 2. The van der Waals surface area contributed by atoms with E-state index < -0.39 is 23.6 Å². The van der Waals surface area contributed by atoms with Gasteiger partial charge in [-0.25, -0.2) is 27.5 Å². The van der Waals surface area contributed by atoms with E-state index in [2.05, 4.69) is 20.6 Å². The minimum atomic E-state index is -3.09. The number of hydrogen-bond acceptors (Lipinski definition) is 4. The highest BCUT2D eigenvalue weighted by molar-refractivity contribution is 14.1. The third-order valence-electron chi connectivity index (χ3n) is 5.24. The molecule has 3 aromatic rings. The Morgan fingerprint density at radius 1 is 1.21 bits per heavy atom. The number of halogens is 5. The van der Waals surface area contributed by atoms with E-state index >= 15 is 8.78 Å². The van der Waals surface area contributed by atoms with Crippen molar-refractivity contribution in [3.8, 4) is 11.1 Å². The van der Waals surface area contributed by atoms with Gasteiger partial charge in [-0.05, 0) is 66.5 Å². The Bertz CT molecular complexity index is 1140. The highest BCUT2D eigenvalue weighted by atomic mass is 127. The van der Waals surface area contributed by atoms with Crippen LogP contribution in [0.1, 0.15) is 39.2 Å². The number of fused-ring (bicyclic) bond motifs is 1. The van der Waals surface area contributed by atoms with Gasteiger partial charge in [0.25, 0.3) is 5.92 Å². The molecule has 2 aromatic heterocycles. The van der Waals surface area contributed by atoms with Crippen molar-refractivity contribution >= 4 is 40.1 Å². The summed E-state index contributed by atoms with van der Waals surface area (Å²) >= 11 is 1.82. The molecule has 178 valence electrons. The van der Waals surface area contributed by atoms with Crippen LogP contribution in [0.3, 0.4) is 0 Å². The fraction of sp³-hybridized carbons (Fsp3) is 0.409. The van der Waals surface area contributed by atoms with E-state index in [1.165, 1.54) is 42.8 Å². The van der Waals surface area contributed by atoms with E-state index in [0.717, 1.165) is 6.92 Å². The van der Waals surface area contributed by atoms with Gasteiger partial charge in [0, 0.05) is 32.8 Å². The Morgan fingerprint density at radius 2 is 1.88 bits per heavy atom. The number of benzene rings is 1. The van der Waals surface area contributed by atoms with Gasteiger partial charge in [0.05, 0.1) is 17.2 Å². The maximum absolute atomic E-state index is 15.2. The van der Waals surface area contributed by atoms with Crippen LogP contribution in [0.5, 0.6) is 0 Å². The van der Waals surface area contributed by atoms with Gasteiger partial charge in [-0.2, -0.15) is 0 Å². The third-order valence-corrected chi connectivity index (χ3v) is 6.02. The summed E-state index contributed by atoms with van der Waals surface area (Å²) in [5, 5.41) is 5.38. The second kappa shape index (κ2) is 10.2. The molecule has 3 rings (SSSR count). The molecule has 0 radical (unpaired) electrons. The number of anilines is 1. The number of nitrogens with one attached hydrogen (secondary N) is 2. The maximum Gasteiger partial charge on any atom is 0.264 e. The molecule has 11 heteroatoms. The van der Waals surface area contributed by atoms with Crippen molar-refractivity contribution in [2.75, 3.05) is 11.9 Å². The van der Waals surface area contributed by atoms with E-state index in [1.54, 1.807) is 0 Å². The molecule has 0 saturated heterocycles. The number of nitrogens with zero attached hydrogens (tertiary/aromatic N) is 3. The smallest absolute Gasteiger partial charge is 0.264 e. The molecule has 0 saturated carbocycles. The van der Waals surface area contributed by atoms with E-state index in [4.69, 9.17) is 0 Å². The molecule has 0 bridgehead atoms. The Morgan fingerprint density at radius 3 is 2.48 bits per heavy atom. The minimum Gasteiger partial charge on any atom is -0.362 e. The lowest BCUT2D eigenvalue weighted by Crippen LogP contribution is -2.35. The highest BCUT2D eigenvalue weighted by Crippen LogP contribution is 2.37. The minimum absolute atomic E-state index is 0.0457. The van der Waals surface area contributed by atoms with Gasteiger partial charge in [-0.15, -0.1) is 0 Å². The quantitative estimate of drug-likeness (QED) is 0.159. The first-order valence-electron chi connectivity index (χ1n) is 10.4. The summed E-state index contributed by atoms with van der Waals surface area (Å²) in [6, 6.07) is 1.16. The topological polar surface area (TPSA) is 71.3 Å². The molecular weight excluding hydrogens is 553 g/mol. The Balaban J connectivity index is 1.99.